The largest absolute Gasteiger partial charge is 0.426 e. The quantitative estimate of drug-likeness (QED) is 0.110. The van der Waals surface area contributed by atoms with Crippen molar-refractivity contribution in [2.75, 3.05) is 20.1 Å². The van der Waals surface area contributed by atoms with Gasteiger partial charge in [-0.1, -0.05) is 30.3 Å². The second-order valence-corrected chi connectivity index (χ2v) is 10.0. The van der Waals surface area contributed by atoms with Crippen LogP contribution < -0.4 is 21.7 Å². The minimum absolute atomic E-state index is 0.0258. The second kappa shape index (κ2) is 12.5. The second-order valence-electron chi connectivity index (χ2n) is 10.0. The summed E-state index contributed by atoms with van der Waals surface area (Å²) in [7, 11) is 1.41. The van der Waals surface area contributed by atoms with Crippen LogP contribution in [0.25, 0.3) is 10.9 Å². The molecule has 10 nitrogen and oxygen atoms in total. The van der Waals surface area contributed by atoms with E-state index in [1.54, 1.807) is 6.07 Å². The summed E-state index contributed by atoms with van der Waals surface area (Å²) in [5, 5.41) is 8.01. The van der Waals surface area contributed by atoms with Crippen molar-refractivity contribution < 1.29 is 36.7 Å². The predicted molar refractivity (Wildman–Crippen MR) is 150 cm³/mol. The van der Waals surface area contributed by atoms with Gasteiger partial charge in [-0.25, -0.2) is 4.39 Å². The van der Waals surface area contributed by atoms with E-state index >= 15 is 0 Å². The van der Waals surface area contributed by atoms with E-state index in [2.05, 4.69) is 32.5 Å². The highest BCUT2D eigenvalue weighted by molar-refractivity contribution is 5.97. The van der Waals surface area contributed by atoms with Gasteiger partial charge in [-0.3, -0.25) is 19.4 Å². The van der Waals surface area contributed by atoms with Crippen molar-refractivity contribution in [2.24, 2.45) is 10.7 Å². The van der Waals surface area contributed by atoms with Gasteiger partial charge in [-0.2, -0.15) is 13.2 Å². The highest BCUT2D eigenvalue weighted by Gasteiger charge is 2.44. The number of nitrogens with one attached hydrogen (secondary N) is 4. The van der Waals surface area contributed by atoms with Crippen molar-refractivity contribution >= 4 is 34.5 Å². The fraction of sp³-hybridized carbons (Fsp3) is 0.310. The molecule has 1 aliphatic carbocycles. The lowest BCUT2D eigenvalue weighted by atomic mass is 9.78. The minimum atomic E-state index is -4.61. The number of benzene rings is 2. The molecule has 1 aromatic heterocycles. The number of amides is 3. The molecular formula is C29H30F4N6O4. The molecule has 2 aromatic carbocycles. The summed E-state index contributed by atoms with van der Waals surface area (Å²) in [6, 6.07) is 9.46. The normalized spacial score (nSPS) is 16.7. The molecule has 1 atom stereocenters. The summed E-state index contributed by atoms with van der Waals surface area (Å²) >= 11 is 0. The molecule has 0 bridgehead atoms. The summed E-state index contributed by atoms with van der Waals surface area (Å²) in [4.78, 5) is 45.9. The third kappa shape index (κ3) is 7.13. The summed E-state index contributed by atoms with van der Waals surface area (Å²) in [5.74, 6) is -2.71. The van der Waals surface area contributed by atoms with Crippen molar-refractivity contribution in [3.63, 3.8) is 0 Å². The van der Waals surface area contributed by atoms with E-state index in [1.807, 2.05) is 0 Å². The first kappa shape index (κ1) is 31.1. The standard InChI is InChI=1S/C29H30F4N6O4/c1-16(34)43-25(35-2)15-37-27(42)28(39-24(41)14-36-23(40)12-17-6-3-4-9-21(17)30)11-10-22-19(13-28)18-7-5-8-20(26(18)38-22)29(31,32)33/h3-9,38H,1,10-15,34H2,2H3,(H,36,40)(H,37,42)(H,39,41)/t28-/m1/s1. The number of aromatic amines is 1. The van der Waals surface area contributed by atoms with Gasteiger partial charge in [0.15, 0.2) is 5.88 Å². The van der Waals surface area contributed by atoms with Crippen LogP contribution in [0.5, 0.6) is 0 Å². The Labute approximate surface area is 243 Å². The Balaban J connectivity index is 1.57. The van der Waals surface area contributed by atoms with Gasteiger partial charge in [0, 0.05) is 24.5 Å². The van der Waals surface area contributed by atoms with Crippen LogP contribution in [-0.2, 0) is 44.6 Å². The van der Waals surface area contributed by atoms with Crippen LogP contribution in [0.3, 0.4) is 0 Å². The number of carbonyl (C=O) groups excluding carboxylic acids is 3. The van der Waals surface area contributed by atoms with Gasteiger partial charge in [-0.05, 0) is 42.7 Å². The van der Waals surface area contributed by atoms with Gasteiger partial charge in [0.2, 0.25) is 23.6 Å². The van der Waals surface area contributed by atoms with Crippen LogP contribution in [0.1, 0.15) is 28.8 Å². The van der Waals surface area contributed by atoms with Gasteiger partial charge in [0.05, 0.1) is 30.6 Å². The molecule has 0 saturated carbocycles. The minimum Gasteiger partial charge on any atom is -0.426 e. The first-order valence-electron chi connectivity index (χ1n) is 13.2. The number of hydrogen-bond acceptors (Lipinski definition) is 6. The number of carbonyl (C=O) groups is 3. The van der Waals surface area contributed by atoms with Gasteiger partial charge in [-0.15, -0.1) is 0 Å². The number of aliphatic imine (C=N–C) groups is 1. The Kier molecular flexibility index (Phi) is 9.07. The molecule has 0 spiro atoms. The number of para-hydroxylation sites is 1. The number of ether oxygens (including phenoxy) is 1. The zero-order chi connectivity index (χ0) is 31.4. The molecule has 0 radical (unpaired) electrons. The topological polar surface area (TPSA) is 151 Å². The lowest BCUT2D eigenvalue weighted by Crippen LogP contribution is -2.63. The molecule has 3 aromatic rings. The Morgan fingerprint density at radius 3 is 2.51 bits per heavy atom. The first-order valence-corrected chi connectivity index (χ1v) is 13.2. The number of halogens is 4. The Bertz CT molecular complexity index is 1600. The number of nitrogens with two attached hydrogens (primary N) is 1. The molecule has 0 unspecified atom stereocenters. The Morgan fingerprint density at radius 1 is 1.09 bits per heavy atom. The van der Waals surface area contributed by atoms with E-state index in [1.165, 1.54) is 37.4 Å². The van der Waals surface area contributed by atoms with Gasteiger partial charge in [0.25, 0.3) is 0 Å². The monoisotopic (exact) mass is 602 g/mol. The maximum atomic E-state index is 13.9. The molecule has 228 valence electrons. The van der Waals surface area contributed by atoms with E-state index in [9.17, 15) is 31.9 Å². The molecule has 4 rings (SSSR count). The predicted octanol–water partition coefficient (Wildman–Crippen LogP) is 2.62. The lowest BCUT2D eigenvalue weighted by Gasteiger charge is -2.37. The zero-order valence-corrected chi connectivity index (χ0v) is 23.2. The number of alkyl halides is 3. The first-order chi connectivity index (χ1) is 20.3. The lowest BCUT2D eigenvalue weighted by molar-refractivity contribution is -0.136. The van der Waals surface area contributed by atoms with Crippen molar-refractivity contribution in [1.82, 2.24) is 20.9 Å². The average molecular weight is 603 g/mol. The molecule has 0 saturated heterocycles. The van der Waals surface area contributed by atoms with E-state index in [0.29, 0.717) is 11.3 Å². The Hall–Kier alpha value is -4.88. The molecule has 14 heteroatoms. The molecule has 1 heterocycles. The van der Waals surface area contributed by atoms with Crippen molar-refractivity contribution in [1.29, 1.82) is 0 Å². The number of rotatable bonds is 9. The highest BCUT2D eigenvalue weighted by Crippen LogP contribution is 2.40. The maximum Gasteiger partial charge on any atom is 0.418 e. The third-order valence-corrected chi connectivity index (χ3v) is 7.08. The number of H-pyrrole nitrogens is 1. The van der Waals surface area contributed by atoms with E-state index in [0.717, 1.165) is 6.07 Å². The van der Waals surface area contributed by atoms with E-state index < -0.39 is 47.4 Å². The summed E-state index contributed by atoms with van der Waals surface area (Å²) in [6.07, 6.45) is -4.90. The molecule has 1 aliphatic rings. The van der Waals surface area contributed by atoms with E-state index in [-0.39, 0.29) is 60.5 Å². The van der Waals surface area contributed by atoms with Crippen LogP contribution >= 0.6 is 0 Å². The van der Waals surface area contributed by atoms with E-state index in [4.69, 9.17) is 10.5 Å². The molecule has 3 amide bonds. The number of hydrogen-bond donors (Lipinski definition) is 5. The van der Waals surface area contributed by atoms with Crippen LogP contribution in [-0.4, -0.2) is 54.3 Å². The molecule has 43 heavy (non-hydrogen) atoms. The van der Waals surface area contributed by atoms with Crippen molar-refractivity contribution in [3.8, 4) is 0 Å². The fourth-order valence-corrected chi connectivity index (χ4v) is 5.07. The highest BCUT2D eigenvalue weighted by atomic mass is 19.4. The van der Waals surface area contributed by atoms with Gasteiger partial charge in [0.1, 0.15) is 11.4 Å². The Morgan fingerprint density at radius 2 is 1.84 bits per heavy atom. The van der Waals surface area contributed by atoms with Crippen molar-refractivity contribution in [2.45, 2.75) is 37.4 Å². The third-order valence-electron chi connectivity index (χ3n) is 7.08. The molecule has 0 fully saturated rings. The smallest absolute Gasteiger partial charge is 0.418 e. The number of aryl methyl sites for hydroxylation is 1. The molecule has 6 N–H and O–H groups in total. The SMILES string of the molecule is C=C(N)OC(CNC(=O)[C@@]1(NC(=O)CNC(=O)Cc2ccccc2F)CCc2[nH]c3c(C(F)(F)F)cccc3c2C1)=NC. The van der Waals surface area contributed by atoms with Crippen LogP contribution in [0.2, 0.25) is 0 Å². The summed E-state index contributed by atoms with van der Waals surface area (Å²) < 4.78 is 60.2. The van der Waals surface area contributed by atoms with Crippen molar-refractivity contribution in [3.05, 3.63) is 83.1 Å². The number of aromatic nitrogens is 1. The average Bonchev–Trinajstić information content (AvgIpc) is 3.32. The number of nitrogens with zero attached hydrogens (tertiary/aromatic N) is 1. The molecule has 0 aliphatic heterocycles. The maximum absolute atomic E-state index is 13.9. The zero-order valence-electron chi connectivity index (χ0n) is 23.2. The van der Waals surface area contributed by atoms with Crippen LogP contribution in [0.15, 0.2) is 59.9 Å². The fourth-order valence-electron chi connectivity index (χ4n) is 5.07. The van der Waals surface area contributed by atoms with Gasteiger partial charge >= 0.3 is 6.18 Å². The summed E-state index contributed by atoms with van der Waals surface area (Å²) in [6.45, 7) is 2.67. The van der Waals surface area contributed by atoms with Gasteiger partial charge < -0.3 is 31.4 Å². The summed E-state index contributed by atoms with van der Waals surface area (Å²) in [5.41, 5.74) is 3.99. The molecular weight excluding hydrogens is 572 g/mol. The van der Waals surface area contributed by atoms with Crippen LogP contribution in [0.4, 0.5) is 17.6 Å². The number of fused-ring (bicyclic) bond motifs is 3. The van der Waals surface area contributed by atoms with Crippen LogP contribution in [0, 0.1) is 5.82 Å².